The van der Waals surface area contributed by atoms with E-state index in [-0.39, 0.29) is 4.90 Å². The van der Waals surface area contributed by atoms with E-state index in [1.807, 2.05) is 43.3 Å². The average Bonchev–Trinajstić information content (AvgIpc) is 3.03. The summed E-state index contributed by atoms with van der Waals surface area (Å²) >= 11 is 0. The van der Waals surface area contributed by atoms with Crippen LogP contribution in [0.1, 0.15) is 5.56 Å². The number of aromatic nitrogens is 3. The highest BCUT2D eigenvalue weighted by molar-refractivity contribution is 7.85. The minimum absolute atomic E-state index is 0.183. The fourth-order valence-corrected chi connectivity index (χ4v) is 3.33. The Kier molecular flexibility index (Phi) is 4.14. The number of benzene rings is 2. The van der Waals surface area contributed by atoms with Crippen molar-refractivity contribution >= 4 is 27.3 Å². The molecule has 0 radical (unpaired) electrons. The molecule has 4 rings (SSSR count). The second-order valence-corrected chi connectivity index (χ2v) is 7.51. The van der Waals surface area contributed by atoms with Gasteiger partial charge in [0.1, 0.15) is 5.82 Å². The van der Waals surface area contributed by atoms with Crippen LogP contribution in [0, 0.1) is 6.92 Å². The van der Waals surface area contributed by atoms with Crippen molar-refractivity contribution in [3.8, 4) is 11.3 Å². The maximum Gasteiger partial charge on any atom is 0.294 e. The Balaban J connectivity index is 1.84. The minimum atomic E-state index is -4.28. The molecule has 27 heavy (non-hydrogen) atoms. The molecule has 8 heteroatoms. The van der Waals surface area contributed by atoms with Gasteiger partial charge in [-0.2, -0.15) is 18.0 Å². The average molecular weight is 380 g/mol. The van der Waals surface area contributed by atoms with Crippen LogP contribution in [-0.4, -0.2) is 27.6 Å². The second-order valence-electron chi connectivity index (χ2n) is 6.08. The van der Waals surface area contributed by atoms with Crippen molar-refractivity contribution < 1.29 is 13.0 Å². The lowest BCUT2D eigenvalue weighted by atomic mass is 10.1. The molecule has 0 aliphatic carbocycles. The fraction of sp³-hybridized carbons (Fsp3) is 0.0526. The van der Waals surface area contributed by atoms with Crippen molar-refractivity contribution in [3.05, 3.63) is 72.4 Å². The van der Waals surface area contributed by atoms with Crippen LogP contribution in [-0.2, 0) is 10.1 Å². The first-order valence-corrected chi connectivity index (χ1v) is 9.61. The van der Waals surface area contributed by atoms with Gasteiger partial charge in [0, 0.05) is 22.9 Å². The summed E-state index contributed by atoms with van der Waals surface area (Å²) in [5.41, 5.74) is 3.84. The van der Waals surface area contributed by atoms with Crippen LogP contribution in [0.3, 0.4) is 0 Å². The van der Waals surface area contributed by atoms with Gasteiger partial charge in [-0.3, -0.25) is 4.55 Å². The number of hydrogen-bond acceptors (Lipinski definition) is 5. The zero-order valence-electron chi connectivity index (χ0n) is 14.4. The summed E-state index contributed by atoms with van der Waals surface area (Å²) in [6, 6.07) is 17.5. The van der Waals surface area contributed by atoms with Gasteiger partial charge in [-0.25, -0.2) is 4.98 Å². The molecule has 0 fully saturated rings. The molecule has 136 valence electrons. The van der Waals surface area contributed by atoms with Crippen LogP contribution in [0.15, 0.2) is 71.8 Å². The van der Waals surface area contributed by atoms with E-state index in [0.717, 1.165) is 16.8 Å². The van der Waals surface area contributed by atoms with Gasteiger partial charge in [0.15, 0.2) is 5.65 Å². The monoisotopic (exact) mass is 380 g/mol. The topological polar surface area (TPSA) is 96.6 Å². The van der Waals surface area contributed by atoms with Gasteiger partial charge in [0.05, 0.1) is 16.8 Å². The summed E-state index contributed by atoms with van der Waals surface area (Å²) in [6.45, 7) is 1.92. The third-order valence-corrected chi connectivity index (χ3v) is 4.97. The summed E-state index contributed by atoms with van der Waals surface area (Å²) < 4.78 is 33.7. The molecule has 0 amide bonds. The largest absolute Gasteiger partial charge is 0.340 e. The Bertz CT molecular complexity index is 1230. The predicted molar refractivity (Wildman–Crippen MR) is 103 cm³/mol. The van der Waals surface area contributed by atoms with Crippen molar-refractivity contribution in [3.63, 3.8) is 0 Å². The predicted octanol–water partition coefficient (Wildman–Crippen LogP) is 3.70. The van der Waals surface area contributed by atoms with Crippen molar-refractivity contribution in [2.75, 3.05) is 5.32 Å². The summed E-state index contributed by atoms with van der Waals surface area (Å²) in [6.07, 6.45) is 1.72. The molecule has 0 unspecified atom stereocenters. The number of fused-ring (bicyclic) bond motifs is 1. The summed E-state index contributed by atoms with van der Waals surface area (Å²) in [7, 11) is -4.28. The molecule has 2 aromatic heterocycles. The lowest BCUT2D eigenvalue weighted by molar-refractivity contribution is 0.483. The fourth-order valence-electron chi connectivity index (χ4n) is 2.80. The molecule has 0 aliphatic rings. The van der Waals surface area contributed by atoms with Crippen LogP contribution >= 0.6 is 0 Å². The van der Waals surface area contributed by atoms with Gasteiger partial charge >= 0.3 is 0 Å². The molecule has 2 N–H and O–H groups in total. The van der Waals surface area contributed by atoms with Crippen LogP contribution in [0.25, 0.3) is 16.9 Å². The van der Waals surface area contributed by atoms with Crippen molar-refractivity contribution in [1.82, 2.24) is 14.6 Å². The Hall–Kier alpha value is -3.23. The molecule has 7 nitrogen and oxygen atoms in total. The first-order chi connectivity index (χ1) is 12.9. The first-order valence-electron chi connectivity index (χ1n) is 8.17. The molecule has 2 aromatic carbocycles. The summed E-state index contributed by atoms with van der Waals surface area (Å²) in [5.74, 6) is 0.624. The van der Waals surface area contributed by atoms with Crippen molar-refractivity contribution in [1.29, 1.82) is 0 Å². The molecular weight excluding hydrogens is 364 g/mol. The number of nitrogens with zero attached hydrogens (tertiary/aromatic N) is 3. The molecule has 0 bridgehead atoms. The molecule has 0 aliphatic heterocycles. The number of nitrogens with one attached hydrogen (secondary N) is 1. The summed E-state index contributed by atoms with van der Waals surface area (Å²) in [5, 5.41) is 7.51. The number of anilines is 2. The maximum absolute atomic E-state index is 11.4. The van der Waals surface area contributed by atoms with Crippen LogP contribution < -0.4 is 5.32 Å². The van der Waals surface area contributed by atoms with Crippen LogP contribution in [0.2, 0.25) is 0 Å². The highest BCUT2D eigenvalue weighted by Gasteiger charge is 2.13. The van der Waals surface area contributed by atoms with E-state index in [9.17, 15) is 13.0 Å². The third-order valence-electron chi connectivity index (χ3n) is 4.12. The number of rotatable bonds is 4. The Morgan fingerprint density at radius 3 is 2.56 bits per heavy atom. The molecule has 2 heterocycles. The van der Waals surface area contributed by atoms with Crippen molar-refractivity contribution in [2.24, 2.45) is 0 Å². The van der Waals surface area contributed by atoms with Gasteiger partial charge in [-0.15, -0.1) is 0 Å². The normalized spacial score (nSPS) is 11.6. The van der Waals surface area contributed by atoms with Crippen molar-refractivity contribution in [2.45, 2.75) is 11.8 Å². The quantitative estimate of drug-likeness (QED) is 0.524. The lowest BCUT2D eigenvalue weighted by Gasteiger charge is -2.11. The third kappa shape index (κ3) is 3.40. The second kappa shape index (κ2) is 6.49. The first kappa shape index (κ1) is 17.2. The van der Waals surface area contributed by atoms with Gasteiger partial charge < -0.3 is 5.32 Å². The van der Waals surface area contributed by atoms with E-state index >= 15 is 0 Å². The van der Waals surface area contributed by atoms with E-state index in [1.54, 1.807) is 22.8 Å². The Morgan fingerprint density at radius 1 is 1.04 bits per heavy atom. The smallest absolute Gasteiger partial charge is 0.294 e. The van der Waals surface area contributed by atoms with Crippen LogP contribution in [0.4, 0.5) is 11.5 Å². The van der Waals surface area contributed by atoms with E-state index in [0.29, 0.717) is 17.2 Å². The molecule has 0 saturated carbocycles. The van der Waals surface area contributed by atoms with Gasteiger partial charge in [0.2, 0.25) is 0 Å². The lowest BCUT2D eigenvalue weighted by Crippen LogP contribution is -2.04. The molecule has 0 atom stereocenters. The highest BCUT2D eigenvalue weighted by Crippen LogP contribution is 2.26. The maximum atomic E-state index is 11.4. The molecule has 0 spiro atoms. The Labute approximate surface area is 156 Å². The Morgan fingerprint density at radius 2 is 1.81 bits per heavy atom. The summed E-state index contributed by atoms with van der Waals surface area (Å²) in [4.78, 5) is 4.51. The van der Waals surface area contributed by atoms with E-state index in [4.69, 9.17) is 0 Å². The molecular formula is C19H16N4O3S. The zero-order chi connectivity index (χ0) is 19.0. The number of hydrogen-bond donors (Lipinski definition) is 2. The van der Waals surface area contributed by atoms with Gasteiger partial charge in [0.25, 0.3) is 10.1 Å². The molecule has 4 aromatic rings. The van der Waals surface area contributed by atoms with E-state index < -0.39 is 10.1 Å². The number of aryl methyl sites for hydroxylation is 1. The zero-order valence-corrected chi connectivity index (χ0v) is 15.2. The SMILES string of the molecule is Cc1cnn2c(Nc3cccc(S(=O)(=O)O)c3)cc(-c3ccccc3)nc12. The van der Waals surface area contributed by atoms with Gasteiger partial charge in [-0.1, -0.05) is 36.4 Å². The highest BCUT2D eigenvalue weighted by atomic mass is 32.2. The van der Waals surface area contributed by atoms with E-state index in [2.05, 4.69) is 15.4 Å². The van der Waals surface area contributed by atoms with Gasteiger partial charge in [-0.05, 0) is 25.1 Å². The minimum Gasteiger partial charge on any atom is -0.340 e. The standard InChI is InChI=1S/C19H16N4O3S/c1-13-12-20-23-18(21-15-8-5-9-16(10-15)27(24,25)26)11-17(22-19(13)23)14-6-3-2-4-7-14/h2-12,21H,1H3,(H,24,25,26). The molecule has 0 saturated heterocycles. The van der Waals surface area contributed by atoms with Crippen LogP contribution in [0.5, 0.6) is 0 Å². The van der Waals surface area contributed by atoms with E-state index in [1.165, 1.54) is 12.1 Å².